The third kappa shape index (κ3) is 3.59. The zero-order valence-electron chi connectivity index (χ0n) is 8.67. The van der Waals surface area contributed by atoms with Crippen LogP contribution in [0, 0.1) is 0 Å². The fourth-order valence-corrected chi connectivity index (χ4v) is 1.39. The molecule has 0 unspecified atom stereocenters. The normalized spacial score (nSPS) is 11.7. The van der Waals surface area contributed by atoms with Crippen LogP contribution in [0.25, 0.3) is 0 Å². The molecule has 1 N–H and O–H groups in total. The summed E-state index contributed by atoms with van der Waals surface area (Å²) in [6, 6.07) is 3.58. The highest BCUT2D eigenvalue weighted by molar-refractivity contribution is 9.10. The Labute approximate surface area is 107 Å². The van der Waals surface area contributed by atoms with E-state index in [2.05, 4.69) is 20.7 Å². The number of rotatable bonds is 5. The van der Waals surface area contributed by atoms with Gasteiger partial charge in [0.15, 0.2) is 6.61 Å². The SMILES string of the molecule is O=C(O)c1cc(Br)ccc1OCC(F)(F)C(F)F. The van der Waals surface area contributed by atoms with Crippen LogP contribution in [0.3, 0.4) is 0 Å². The Bertz CT molecular complexity index is 451. The highest BCUT2D eigenvalue weighted by atomic mass is 79.9. The minimum atomic E-state index is -4.33. The molecule has 18 heavy (non-hydrogen) atoms. The van der Waals surface area contributed by atoms with Crippen molar-refractivity contribution in [3.05, 3.63) is 28.2 Å². The molecule has 0 bridgehead atoms. The van der Waals surface area contributed by atoms with Crippen LogP contribution in [0.5, 0.6) is 5.75 Å². The largest absolute Gasteiger partial charge is 0.486 e. The first-order valence-corrected chi connectivity index (χ1v) is 5.35. The first kappa shape index (κ1) is 14.7. The Morgan fingerprint density at radius 3 is 2.56 bits per heavy atom. The van der Waals surface area contributed by atoms with Gasteiger partial charge in [0.25, 0.3) is 0 Å². The first-order valence-electron chi connectivity index (χ1n) is 4.55. The van der Waals surface area contributed by atoms with Crippen molar-refractivity contribution in [1.82, 2.24) is 0 Å². The van der Waals surface area contributed by atoms with Gasteiger partial charge in [-0.05, 0) is 18.2 Å². The molecule has 0 saturated carbocycles. The van der Waals surface area contributed by atoms with Gasteiger partial charge in [-0.25, -0.2) is 13.6 Å². The zero-order chi connectivity index (χ0) is 13.9. The van der Waals surface area contributed by atoms with Crippen molar-refractivity contribution >= 4 is 21.9 Å². The first-order chi connectivity index (χ1) is 8.24. The highest BCUT2D eigenvalue weighted by Crippen LogP contribution is 2.27. The second kappa shape index (κ2) is 5.55. The van der Waals surface area contributed by atoms with E-state index < -0.39 is 36.2 Å². The van der Waals surface area contributed by atoms with E-state index in [1.807, 2.05) is 0 Å². The van der Waals surface area contributed by atoms with Gasteiger partial charge < -0.3 is 9.84 Å². The Morgan fingerprint density at radius 2 is 2.06 bits per heavy atom. The summed E-state index contributed by atoms with van der Waals surface area (Å²) in [6.07, 6.45) is -3.87. The molecule has 1 aromatic carbocycles. The second-order valence-corrected chi connectivity index (χ2v) is 4.21. The number of hydrogen-bond donors (Lipinski definition) is 1. The smallest absolute Gasteiger partial charge is 0.340 e. The van der Waals surface area contributed by atoms with Crippen molar-refractivity contribution in [2.75, 3.05) is 6.61 Å². The molecule has 0 spiro atoms. The van der Waals surface area contributed by atoms with Gasteiger partial charge in [-0.2, -0.15) is 8.78 Å². The summed E-state index contributed by atoms with van der Waals surface area (Å²) >= 11 is 2.99. The average molecular weight is 331 g/mol. The summed E-state index contributed by atoms with van der Waals surface area (Å²) in [5.41, 5.74) is -0.394. The van der Waals surface area contributed by atoms with Crippen LogP contribution in [0.4, 0.5) is 17.6 Å². The fraction of sp³-hybridized carbons (Fsp3) is 0.300. The van der Waals surface area contributed by atoms with E-state index in [1.54, 1.807) is 0 Å². The van der Waals surface area contributed by atoms with Crippen LogP contribution in [-0.2, 0) is 0 Å². The van der Waals surface area contributed by atoms with Crippen LogP contribution in [0.2, 0.25) is 0 Å². The fourth-order valence-electron chi connectivity index (χ4n) is 1.03. The Morgan fingerprint density at radius 1 is 1.44 bits per heavy atom. The summed E-state index contributed by atoms with van der Waals surface area (Å²) in [7, 11) is 0. The van der Waals surface area contributed by atoms with Crippen LogP contribution in [-0.4, -0.2) is 30.0 Å². The maximum absolute atomic E-state index is 12.6. The lowest BCUT2D eigenvalue weighted by Gasteiger charge is -2.16. The summed E-state index contributed by atoms with van der Waals surface area (Å²) in [5.74, 6) is -6.14. The van der Waals surface area contributed by atoms with Crippen molar-refractivity contribution in [2.24, 2.45) is 0 Å². The van der Waals surface area contributed by atoms with Crippen molar-refractivity contribution in [2.45, 2.75) is 12.3 Å². The van der Waals surface area contributed by atoms with E-state index in [-0.39, 0.29) is 0 Å². The molecule has 8 heteroatoms. The number of benzene rings is 1. The molecular formula is C10H7BrF4O3. The number of carboxylic acid groups (broad SMARTS) is 1. The van der Waals surface area contributed by atoms with E-state index >= 15 is 0 Å². The molecular weight excluding hydrogens is 324 g/mol. The molecule has 0 saturated heterocycles. The van der Waals surface area contributed by atoms with Crippen LogP contribution >= 0.6 is 15.9 Å². The van der Waals surface area contributed by atoms with Crippen molar-refractivity contribution in [3.8, 4) is 5.75 Å². The maximum Gasteiger partial charge on any atom is 0.340 e. The molecule has 0 atom stereocenters. The van der Waals surface area contributed by atoms with Crippen molar-refractivity contribution < 1.29 is 32.2 Å². The third-order valence-electron chi connectivity index (χ3n) is 1.91. The van der Waals surface area contributed by atoms with Gasteiger partial charge in [-0.3, -0.25) is 0 Å². The minimum Gasteiger partial charge on any atom is -0.486 e. The van der Waals surface area contributed by atoms with Gasteiger partial charge in [0, 0.05) is 4.47 Å². The number of aromatic carboxylic acids is 1. The molecule has 0 heterocycles. The molecule has 3 nitrogen and oxygen atoms in total. The van der Waals surface area contributed by atoms with Crippen molar-refractivity contribution in [3.63, 3.8) is 0 Å². The second-order valence-electron chi connectivity index (χ2n) is 3.30. The Hall–Kier alpha value is -1.31. The van der Waals surface area contributed by atoms with E-state index in [0.29, 0.717) is 4.47 Å². The number of halogens is 5. The van der Waals surface area contributed by atoms with Gasteiger partial charge in [0.05, 0.1) is 0 Å². The lowest BCUT2D eigenvalue weighted by molar-refractivity contribution is -0.148. The summed E-state index contributed by atoms with van der Waals surface area (Å²) in [6.45, 7) is -1.59. The van der Waals surface area contributed by atoms with Crippen molar-refractivity contribution in [1.29, 1.82) is 0 Å². The molecule has 0 radical (unpaired) electrons. The molecule has 0 aliphatic rings. The number of alkyl halides is 4. The van der Waals surface area contributed by atoms with Gasteiger partial charge in [0.1, 0.15) is 11.3 Å². The summed E-state index contributed by atoms with van der Waals surface area (Å²) < 4.78 is 53.8. The van der Waals surface area contributed by atoms with Crippen LogP contribution in [0.15, 0.2) is 22.7 Å². The average Bonchev–Trinajstić information content (AvgIpc) is 2.27. The highest BCUT2D eigenvalue weighted by Gasteiger charge is 2.42. The predicted molar refractivity (Wildman–Crippen MR) is 57.5 cm³/mol. The van der Waals surface area contributed by atoms with Crippen LogP contribution in [0.1, 0.15) is 10.4 Å². The standard InChI is InChI=1S/C10H7BrF4O3/c11-5-1-2-7(6(3-5)8(16)17)18-4-10(14,15)9(12)13/h1-3,9H,4H2,(H,16,17). The van der Waals surface area contributed by atoms with E-state index in [1.165, 1.54) is 6.07 Å². The summed E-state index contributed by atoms with van der Waals surface area (Å²) in [5, 5.41) is 8.79. The van der Waals surface area contributed by atoms with E-state index in [9.17, 15) is 22.4 Å². The quantitative estimate of drug-likeness (QED) is 0.841. The van der Waals surface area contributed by atoms with Gasteiger partial charge in [0.2, 0.25) is 0 Å². The van der Waals surface area contributed by atoms with Crippen LogP contribution < -0.4 is 4.74 Å². The number of carboxylic acids is 1. The number of hydrogen-bond acceptors (Lipinski definition) is 2. The lowest BCUT2D eigenvalue weighted by atomic mass is 10.2. The molecule has 1 aromatic rings. The molecule has 0 amide bonds. The van der Waals surface area contributed by atoms with E-state index in [4.69, 9.17) is 5.11 Å². The molecule has 1 rings (SSSR count). The maximum atomic E-state index is 12.6. The lowest BCUT2D eigenvalue weighted by Crippen LogP contribution is -2.34. The molecule has 100 valence electrons. The Balaban J connectivity index is 2.89. The molecule has 0 aliphatic carbocycles. The van der Waals surface area contributed by atoms with Gasteiger partial charge >= 0.3 is 18.3 Å². The third-order valence-corrected chi connectivity index (χ3v) is 2.40. The number of carbonyl (C=O) groups is 1. The van der Waals surface area contributed by atoms with E-state index in [0.717, 1.165) is 12.1 Å². The number of ether oxygens (including phenoxy) is 1. The monoisotopic (exact) mass is 330 g/mol. The van der Waals surface area contributed by atoms with Gasteiger partial charge in [-0.1, -0.05) is 15.9 Å². The summed E-state index contributed by atoms with van der Waals surface area (Å²) in [4.78, 5) is 10.8. The predicted octanol–water partition coefficient (Wildman–Crippen LogP) is 3.43. The minimum absolute atomic E-state index is 0.394. The molecule has 0 fully saturated rings. The zero-order valence-corrected chi connectivity index (χ0v) is 10.3. The topological polar surface area (TPSA) is 46.5 Å². The Kier molecular flexibility index (Phi) is 4.55. The molecule has 0 aromatic heterocycles. The molecule has 0 aliphatic heterocycles. The van der Waals surface area contributed by atoms with Gasteiger partial charge in [-0.15, -0.1) is 0 Å².